The van der Waals surface area contributed by atoms with Crippen LogP contribution < -0.4 is 23.8 Å². The third kappa shape index (κ3) is 7.55. The normalized spacial score (nSPS) is 11.1. The van der Waals surface area contributed by atoms with Gasteiger partial charge in [-0.15, -0.1) is 5.10 Å². The predicted octanol–water partition coefficient (Wildman–Crippen LogP) is 4.59. The van der Waals surface area contributed by atoms with Crippen LogP contribution >= 0.6 is 0 Å². The second-order valence-corrected chi connectivity index (χ2v) is 12.0. The fourth-order valence-corrected chi connectivity index (χ4v) is 5.56. The van der Waals surface area contributed by atoms with Crippen molar-refractivity contribution in [3.05, 3.63) is 96.8 Å². The van der Waals surface area contributed by atoms with Crippen molar-refractivity contribution >= 4 is 27.8 Å². The number of para-hydroxylation sites is 2. The van der Waals surface area contributed by atoms with Crippen molar-refractivity contribution in [1.82, 2.24) is 40.6 Å². The van der Waals surface area contributed by atoms with Crippen LogP contribution in [0.4, 0.5) is 16.4 Å². The zero-order valence-corrected chi connectivity index (χ0v) is 27.3. The number of ether oxygens (including phenoxy) is 3. The van der Waals surface area contributed by atoms with Gasteiger partial charge >= 0.3 is 6.09 Å². The molecule has 0 aliphatic heterocycles. The predicted molar refractivity (Wildman–Crippen MR) is 179 cm³/mol. The van der Waals surface area contributed by atoms with Gasteiger partial charge in [-0.1, -0.05) is 35.9 Å². The third-order valence-electron chi connectivity index (χ3n) is 6.99. The summed E-state index contributed by atoms with van der Waals surface area (Å²) in [5, 5.41) is 23.6. The summed E-state index contributed by atoms with van der Waals surface area (Å²) in [6, 6.07) is 20.9. The Morgan fingerprint density at radius 3 is 2.44 bits per heavy atom. The van der Waals surface area contributed by atoms with Crippen LogP contribution in [-0.2, 0) is 10.0 Å². The maximum atomic E-state index is 13.7. The second kappa shape index (κ2) is 14.6. The molecule has 0 atom stereocenters. The molecule has 0 bridgehead atoms. The molecule has 0 aliphatic rings. The Morgan fingerprint density at radius 1 is 0.960 bits per heavy atom. The number of tetrazole rings is 1. The van der Waals surface area contributed by atoms with Crippen LogP contribution in [0.3, 0.4) is 0 Å². The highest BCUT2D eigenvalue weighted by Crippen LogP contribution is 2.42. The number of aryl methyl sites for hydroxylation is 1. The number of anilines is 2. The number of sulfonamides is 1. The minimum absolute atomic E-state index is 0.00456. The Labute approximate surface area is 285 Å². The third-order valence-corrected chi connectivity index (χ3v) is 8.35. The Morgan fingerprint density at radius 2 is 1.74 bits per heavy atom. The van der Waals surface area contributed by atoms with E-state index in [4.69, 9.17) is 14.2 Å². The standard InChI is InChI=1S/C32H28N10O7S/c1-20-10-12-22(13-11-20)50(45,46)39-30-27(49-25-8-4-3-7-24(25)47-2)31(48-18-17-42(32(43)44)26-9-5-6-15-34-26)36-28(35-30)21-14-16-33-23(19-21)29-37-40-41-38-29/h3-16,19H,17-18H2,1-2H3,(H,43,44)(H,35,36,39)(H,37,38,40,41). The first-order valence-electron chi connectivity index (χ1n) is 14.8. The first-order chi connectivity index (χ1) is 24.2. The highest BCUT2D eigenvalue weighted by molar-refractivity contribution is 7.92. The molecular formula is C32H28N10O7S. The van der Waals surface area contributed by atoms with Crippen molar-refractivity contribution in [2.24, 2.45) is 0 Å². The number of nitrogens with zero attached hydrogens (tertiary/aromatic N) is 8. The highest BCUT2D eigenvalue weighted by Gasteiger charge is 2.26. The molecule has 2 aromatic carbocycles. The van der Waals surface area contributed by atoms with Gasteiger partial charge in [0.25, 0.3) is 15.9 Å². The number of carboxylic acid groups (broad SMARTS) is 1. The molecule has 4 heterocycles. The lowest BCUT2D eigenvalue weighted by atomic mass is 10.2. The lowest BCUT2D eigenvalue weighted by Gasteiger charge is -2.20. The topological polar surface area (TPSA) is 220 Å². The first-order valence-corrected chi connectivity index (χ1v) is 16.3. The SMILES string of the molecule is COc1ccccc1Oc1c(NS(=O)(=O)c2ccc(C)cc2)nc(-c2ccnc(-c3nnn[nH]3)c2)nc1OCCN(C(=O)O)c1ccccn1. The molecule has 50 heavy (non-hydrogen) atoms. The van der Waals surface area contributed by atoms with Crippen LogP contribution in [-0.4, -0.2) is 80.4 Å². The molecule has 0 spiro atoms. The molecule has 0 saturated carbocycles. The Hall–Kier alpha value is -6.69. The molecule has 3 N–H and O–H groups in total. The molecule has 254 valence electrons. The number of nitrogens with one attached hydrogen (secondary N) is 2. The number of amides is 1. The van der Waals surface area contributed by atoms with E-state index in [1.165, 1.54) is 37.7 Å². The van der Waals surface area contributed by atoms with Crippen LogP contribution in [0.1, 0.15) is 5.56 Å². The summed E-state index contributed by atoms with van der Waals surface area (Å²) in [7, 11) is -2.80. The quantitative estimate of drug-likeness (QED) is 0.150. The van der Waals surface area contributed by atoms with Crippen molar-refractivity contribution in [3.8, 4) is 46.0 Å². The van der Waals surface area contributed by atoms with Gasteiger partial charge in [-0.2, -0.15) is 4.98 Å². The fraction of sp³-hybridized carbons (Fsp3) is 0.125. The number of pyridine rings is 2. The van der Waals surface area contributed by atoms with Crippen LogP contribution in [0, 0.1) is 6.92 Å². The van der Waals surface area contributed by atoms with Gasteiger partial charge in [0.1, 0.15) is 18.1 Å². The molecular weight excluding hydrogens is 668 g/mol. The number of carbonyl (C=O) groups is 1. The van der Waals surface area contributed by atoms with Gasteiger partial charge in [0.15, 0.2) is 29.0 Å². The number of aromatic amines is 1. The minimum Gasteiger partial charge on any atom is -0.493 e. The largest absolute Gasteiger partial charge is 0.493 e. The van der Waals surface area contributed by atoms with Crippen LogP contribution in [0.15, 0.2) is 96.2 Å². The zero-order chi connectivity index (χ0) is 35.1. The molecule has 0 unspecified atom stereocenters. The van der Waals surface area contributed by atoms with Gasteiger partial charge in [-0.05, 0) is 65.9 Å². The van der Waals surface area contributed by atoms with E-state index in [9.17, 15) is 18.3 Å². The summed E-state index contributed by atoms with van der Waals surface area (Å²) in [6.45, 7) is 1.40. The average molecular weight is 697 g/mol. The van der Waals surface area contributed by atoms with Crippen LogP contribution in [0.2, 0.25) is 0 Å². The van der Waals surface area contributed by atoms with Gasteiger partial charge in [-0.3, -0.25) is 14.6 Å². The van der Waals surface area contributed by atoms with E-state index in [1.807, 2.05) is 6.92 Å². The molecule has 6 aromatic rings. The lowest BCUT2D eigenvalue weighted by molar-refractivity contribution is 0.198. The summed E-state index contributed by atoms with van der Waals surface area (Å²) in [5.74, 6) is 0.244. The highest BCUT2D eigenvalue weighted by atomic mass is 32.2. The monoisotopic (exact) mass is 696 g/mol. The van der Waals surface area contributed by atoms with Gasteiger partial charge in [0.2, 0.25) is 5.75 Å². The fourth-order valence-electron chi connectivity index (χ4n) is 4.56. The van der Waals surface area contributed by atoms with Crippen molar-refractivity contribution in [2.45, 2.75) is 11.8 Å². The number of H-pyrrole nitrogens is 1. The molecule has 6 rings (SSSR count). The molecule has 0 saturated heterocycles. The molecule has 1 amide bonds. The maximum Gasteiger partial charge on any atom is 0.413 e. The molecule has 4 aromatic heterocycles. The van der Waals surface area contributed by atoms with E-state index in [0.717, 1.165) is 10.5 Å². The maximum absolute atomic E-state index is 13.7. The summed E-state index contributed by atoms with van der Waals surface area (Å²) in [5.41, 5.74) is 1.60. The molecule has 0 aliphatic carbocycles. The number of methoxy groups -OCH3 is 1. The lowest BCUT2D eigenvalue weighted by Crippen LogP contribution is -2.34. The van der Waals surface area contributed by atoms with Gasteiger partial charge < -0.3 is 19.3 Å². The summed E-state index contributed by atoms with van der Waals surface area (Å²) in [6.07, 6.45) is 1.68. The summed E-state index contributed by atoms with van der Waals surface area (Å²) >= 11 is 0. The number of hydrogen-bond acceptors (Lipinski definition) is 13. The number of benzene rings is 2. The second-order valence-electron chi connectivity index (χ2n) is 10.4. The number of hydrogen-bond donors (Lipinski definition) is 3. The summed E-state index contributed by atoms with van der Waals surface area (Å²) in [4.78, 5) is 30.7. The van der Waals surface area contributed by atoms with Gasteiger partial charge in [0, 0.05) is 18.0 Å². The molecule has 0 radical (unpaired) electrons. The Bertz CT molecular complexity index is 2210. The average Bonchev–Trinajstić information content (AvgIpc) is 3.67. The van der Waals surface area contributed by atoms with Crippen LogP contribution in [0.25, 0.3) is 22.9 Å². The summed E-state index contributed by atoms with van der Waals surface area (Å²) < 4.78 is 47.8. The van der Waals surface area contributed by atoms with E-state index in [-0.39, 0.29) is 58.7 Å². The van der Waals surface area contributed by atoms with Gasteiger partial charge in [-0.25, -0.2) is 28.3 Å². The molecule has 17 nitrogen and oxygen atoms in total. The molecule has 18 heteroatoms. The Balaban J connectivity index is 1.47. The number of aromatic nitrogens is 8. The van der Waals surface area contributed by atoms with Crippen LogP contribution in [0.5, 0.6) is 23.1 Å². The first kappa shape index (κ1) is 33.2. The van der Waals surface area contributed by atoms with E-state index in [1.54, 1.807) is 60.7 Å². The van der Waals surface area contributed by atoms with E-state index in [2.05, 4.69) is 45.3 Å². The van der Waals surface area contributed by atoms with Crippen molar-refractivity contribution in [2.75, 3.05) is 29.9 Å². The van der Waals surface area contributed by atoms with Crippen molar-refractivity contribution < 1.29 is 32.5 Å². The Kier molecular flexibility index (Phi) is 9.70. The van der Waals surface area contributed by atoms with E-state index in [0.29, 0.717) is 17.0 Å². The smallest absolute Gasteiger partial charge is 0.413 e. The zero-order valence-electron chi connectivity index (χ0n) is 26.5. The van der Waals surface area contributed by atoms with Crippen molar-refractivity contribution in [3.63, 3.8) is 0 Å². The van der Waals surface area contributed by atoms with Gasteiger partial charge in [0.05, 0.1) is 18.6 Å². The minimum atomic E-state index is -4.25. The van der Waals surface area contributed by atoms with Crippen molar-refractivity contribution in [1.29, 1.82) is 0 Å². The number of rotatable bonds is 13. The molecule has 0 fully saturated rings. The van der Waals surface area contributed by atoms with E-state index < -0.39 is 16.1 Å². The van der Waals surface area contributed by atoms with E-state index >= 15 is 0 Å².